The number of rotatable bonds is 3. The lowest BCUT2D eigenvalue weighted by Gasteiger charge is -2.11. The minimum atomic E-state index is -0.344. The Labute approximate surface area is 147 Å². The molecule has 0 radical (unpaired) electrons. The molecule has 128 valence electrons. The molecule has 4 rings (SSSR count). The number of hydrogen-bond acceptors (Lipinski definition) is 5. The van der Waals surface area contributed by atoms with Gasteiger partial charge in [0.15, 0.2) is 5.65 Å². The van der Waals surface area contributed by atoms with Crippen molar-refractivity contribution in [1.82, 2.24) is 19.9 Å². The molecule has 0 aliphatic rings. The topological polar surface area (TPSA) is 80.8 Å². The molecule has 3 aromatic heterocycles. The Bertz CT molecular complexity index is 1160. The van der Waals surface area contributed by atoms with E-state index in [0.29, 0.717) is 34.0 Å². The molecule has 6 nitrogen and oxygen atoms in total. The molecular formula is C19H13FN4O2. The smallest absolute Gasteiger partial charge is 0.249 e. The second-order valence-corrected chi connectivity index (χ2v) is 5.57. The van der Waals surface area contributed by atoms with Crippen LogP contribution in [0, 0.1) is 5.82 Å². The van der Waals surface area contributed by atoms with E-state index in [1.807, 2.05) is 0 Å². The zero-order valence-corrected chi connectivity index (χ0v) is 13.7. The Kier molecular flexibility index (Phi) is 3.89. The van der Waals surface area contributed by atoms with Crippen molar-refractivity contribution < 1.29 is 9.13 Å². The van der Waals surface area contributed by atoms with Gasteiger partial charge in [0.1, 0.15) is 11.3 Å². The summed E-state index contributed by atoms with van der Waals surface area (Å²) in [6.45, 7) is 0. The fourth-order valence-electron chi connectivity index (χ4n) is 2.65. The van der Waals surface area contributed by atoms with Gasteiger partial charge in [0.25, 0.3) is 0 Å². The van der Waals surface area contributed by atoms with E-state index < -0.39 is 0 Å². The van der Waals surface area contributed by atoms with Crippen LogP contribution in [0.25, 0.3) is 33.7 Å². The van der Waals surface area contributed by atoms with Crippen molar-refractivity contribution in [2.24, 2.45) is 0 Å². The lowest BCUT2D eigenvalue weighted by molar-refractivity contribution is 0.398. The number of aromatic amines is 1. The van der Waals surface area contributed by atoms with Crippen LogP contribution < -0.4 is 10.3 Å². The monoisotopic (exact) mass is 348 g/mol. The SMILES string of the molecule is COc1cc(-c2nc3ccc(=O)[nH]c3nc2-c2ccc(F)cc2)ccn1. The van der Waals surface area contributed by atoms with Gasteiger partial charge in [-0.3, -0.25) is 4.79 Å². The molecule has 0 saturated heterocycles. The summed E-state index contributed by atoms with van der Waals surface area (Å²) >= 11 is 0. The number of nitrogens with one attached hydrogen (secondary N) is 1. The minimum absolute atomic E-state index is 0.268. The molecule has 26 heavy (non-hydrogen) atoms. The molecule has 7 heteroatoms. The van der Waals surface area contributed by atoms with Crippen molar-refractivity contribution in [2.45, 2.75) is 0 Å². The van der Waals surface area contributed by atoms with Crippen LogP contribution in [0.5, 0.6) is 5.88 Å². The predicted octanol–water partition coefficient (Wildman–Crippen LogP) is 3.19. The normalized spacial score (nSPS) is 10.8. The molecular weight excluding hydrogens is 335 g/mol. The third kappa shape index (κ3) is 2.90. The summed E-state index contributed by atoms with van der Waals surface area (Å²) in [4.78, 5) is 27.6. The van der Waals surface area contributed by atoms with Crippen molar-refractivity contribution in [3.05, 3.63) is 70.9 Å². The lowest BCUT2D eigenvalue weighted by atomic mass is 10.0. The van der Waals surface area contributed by atoms with Crippen LogP contribution >= 0.6 is 0 Å². The van der Waals surface area contributed by atoms with Crippen LogP contribution in [0.2, 0.25) is 0 Å². The summed E-state index contributed by atoms with van der Waals surface area (Å²) in [7, 11) is 1.53. The first-order valence-electron chi connectivity index (χ1n) is 7.81. The van der Waals surface area contributed by atoms with E-state index in [-0.39, 0.29) is 11.4 Å². The maximum absolute atomic E-state index is 13.3. The van der Waals surface area contributed by atoms with E-state index in [0.717, 1.165) is 5.56 Å². The van der Waals surface area contributed by atoms with E-state index in [1.165, 1.54) is 25.3 Å². The van der Waals surface area contributed by atoms with E-state index >= 15 is 0 Å². The second kappa shape index (κ2) is 6.36. The maximum Gasteiger partial charge on any atom is 0.249 e. The van der Waals surface area contributed by atoms with E-state index in [2.05, 4.69) is 19.9 Å². The number of halogens is 1. The van der Waals surface area contributed by atoms with Crippen molar-refractivity contribution >= 4 is 11.2 Å². The van der Waals surface area contributed by atoms with Gasteiger partial charge in [0.05, 0.1) is 18.5 Å². The molecule has 0 spiro atoms. The number of aromatic nitrogens is 4. The largest absolute Gasteiger partial charge is 0.481 e. The van der Waals surface area contributed by atoms with Gasteiger partial charge < -0.3 is 9.72 Å². The molecule has 0 unspecified atom stereocenters. The van der Waals surface area contributed by atoms with Gasteiger partial charge in [-0.2, -0.15) is 0 Å². The van der Waals surface area contributed by atoms with Gasteiger partial charge >= 0.3 is 0 Å². The Morgan fingerprint density at radius 1 is 0.962 bits per heavy atom. The highest BCUT2D eigenvalue weighted by Gasteiger charge is 2.14. The number of benzene rings is 1. The molecule has 4 aromatic rings. The third-order valence-electron chi connectivity index (χ3n) is 3.89. The number of ether oxygens (including phenoxy) is 1. The summed E-state index contributed by atoms with van der Waals surface area (Å²) in [6.07, 6.45) is 1.61. The predicted molar refractivity (Wildman–Crippen MR) is 95.3 cm³/mol. The average Bonchev–Trinajstić information content (AvgIpc) is 2.67. The van der Waals surface area contributed by atoms with Crippen molar-refractivity contribution in [2.75, 3.05) is 7.11 Å². The molecule has 0 saturated carbocycles. The number of pyridine rings is 2. The second-order valence-electron chi connectivity index (χ2n) is 5.57. The Morgan fingerprint density at radius 2 is 1.73 bits per heavy atom. The summed E-state index contributed by atoms with van der Waals surface area (Å²) in [5, 5.41) is 0. The van der Waals surface area contributed by atoms with Gasteiger partial charge in [-0.05, 0) is 36.4 Å². The van der Waals surface area contributed by atoms with Crippen LogP contribution in [-0.2, 0) is 0 Å². The maximum atomic E-state index is 13.3. The fourth-order valence-corrected chi connectivity index (χ4v) is 2.65. The summed E-state index contributed by atoms with van der Waals surface area (Å²) < 4.78 is 18.5. The summed E-state index contributed by atoms with van der Waals surface area (Å²) in [5.74, 6) is 0.0963. The van der Waals surface area contributed by atoms with Gasteiger partial charge in [-0.25, -0.2) is 19.3 Å². The van der Waals surface area contributed by atoms with E-state index in [4.69, 9.17) is 4.74 Å². The fraction of sp³-hybridized carbons (Fsp3) is 0.0526. The number of hydrogen-bond donors (Lipinski definition) is 1. The van der Waals surface area contributed by atoms with E-state index in [1.54, 1.807) is 36.5 Å². The Morgan fingerprint density at radius 3 is 2.50 bits per heavy atom. The molecule has 0 fully saturated rings. The van der Waals surface area contributed by atoms with Crippen LogP contribution in [-0.4, -0.2) is 27.0 Å². The quantitative estimate of drug-likeness (QED) is 0.615. The van der Waals surface area contributed by atoms with Crippen molar-refractivity contribution in [3.8, 4) is 28.4 Å². The molecule has 0 aliphatic heterocycles. The first-order chi connectivity index (χ1) is 12.6. The van der Waals surface area contributed by atoms with Gasteiger partial charge in [0.2, 0.25) is 11.4 Å². The third-order valence-corrected chi connectivity index (χ3v) is 3.89. The minimum Gasteiger partial charge on any atom is -0.481 e. The molecule has 0 atom stereocenters. The number of fused-ring (bicyclic) bond motifs is 1. The summed E-state index contributed by atoms with van der Waals surface area (Å²) in [5.41, 5.74) is 3.16. The number of nitrogens with zero attached hydrogens (tertiary/aromatic N) is 3. The highest BCUT2D eigenvalue weighted by atomic mass is 19.1. The van der Waals surface area contributed by atoms with Crippen molar-refractivity contribution in [3.63, 3.8) is 0 Å². The van der Waals surface area contributed by atoms with Gasteiger partial charge in [-0.15, -0.1) is 0 Å². The van der Waals surface area contributed by atoms with Gasteiger partial charge in [-0.1, -0.05) is 0 Å². The molecule has 3 heterocycles. The van der Waals surface area contributed by atoms with Gasteiger partial charge in [0, 0.05) is 29.5 Å². The molecule has 0 bridgehead atoms. The molecule has 1 aromatic carbocycles. The van der Waals surface area contributed by atoms with E-state index in [9.17, 15) is 9.18 Å². The number of H-pyrrole nitrogens is 1. The molecule has 1 N–H and O–H groups in total. The first-order valence-corrected chi connectivity index (χ1v) is 7.81. The average molecular weight is 348 g/mol. The highest BCUT2D eigenvalue weighted by Crippen LogP contribution is 2.31. The lowest BCUT2D eigenvalue weighted by Crippen LogP contribution is -2.06. The van der Waals surface area contributed by atoms with Crippen LogP contribution in [0.1, 0.15) is 0 Å². The van der Waals surface area contributed by atoms with Crippen LogP contribution in [0.15, 0.2) is 59.5 Å². The summed E-state index contributed by atoms with van der Waals surface area (Å²) in [6, 6.07) is 12.5. The van der Waals surface area contributed by atoms with Crippen LogP contribution in [0.4, 0.5) is 4.39 Å². The number of methoxy groups -OCH3 is 1. The van der Waals surface area contributed by atoms with Crippen molar-refractivity contribution in [1.29, 1.82) is 0 Å². The zero-order chi connectivity index (χ0) is 18.1. The molecule has 0 aliphatic carbocycles. The Hall–Kier alpha value is -3.61. The van der Waals surface area contributed by atoms with Crippen LogP contribution in [0.3, 0.4) is 0 Å². The molecule has 0 amide bonds. The zero-order valence-electron chi connectivity index (χ0n) is 13.7. The highest BCUT2D eigenvalue weighted by molar-refractivity contribution is 5.84. The Balaban J connectivity index is 2.02. The standard InChI is InChI=1S/C19H13FN4O2/c1-26-16-10-12(8-9-21-16)18-17(11-2-4-13(20)5-3-11)24-19-14(22-18)6-7-15(25)23-19/h2-10H,1H3,(H,23,24,25). The first kappa shape index (κ1) is 15.9.